The molecule has 2 N–H and O–H groups in total. The Kier molecular flexibility index (Phi) is 3.31. The van der Waals surface area contributed by atoms with Gasteiger partial charge in [0.25, 0.3) is 0 Å². The van der Waals surface area contributed by atoms with Gasteiger partial charge in [-0.3, -0.25) is 0 Å². The zero-order valence-corrected chi connectivity index (χ0v) is 9.26. The van der Waals surface area contributed by atoms with Gasteiger partial charge in [0.2, 0.25) is 0 Å². The Bertz CT molecular complexity index is 299. The highest BCUT2D eigenvalue weighted by Crippen LogP contribution is 2.39. The van der Waals surface area contributed by atoms with Gasteiger partial charge in [-0.1, -0.05) is 13.3 Å². The Morgan fingerprint density at radius 1 is 1.33 bits per heavy atom. The molecule has 1 aliphatic rings. The first kappa shape index (κ1) is 10.6. The van der Waals surface area contributed by atoms with Gasteiger partial charge in [-0.2, -0.15) is 0 Å². The number of aromatic nitrogens is 2. The minimum absolute atomic E-state index is 0.569. The Morgan fingerprint density at radius 3 is 2.73 bits per heavy atom. The van der Waals surface area contributed by atoms with Crippen molar-refractivity contribution in [2.24, 2.45) is 17.6 Å². The van der Waals surface area contributed by atoms with Gasteiger partial charge in [-0.25, -0.2) is 9.97 Å². The van der Waals surface area contributed by atoms with Crippen molar-refractivity contribution >= 4 is 0 Å². The molecule has 0 aliphatic heterocycles. The summed E-state index contributed by atoms with van der Waals surface area (Å²) in [4.78, 5) is 8.20. The third-order valence-corrected chi connectivity index (χ3v) is 3.57. The van der Waals surface area contributed by atoms with Crippen LogP contribution in [-0.4, -0.2) is 16.5 Å². The first-order valence-electron chi connectivity index (χ1n) is 5.76. The van der Waals surface area contributed by atoms with E-state index in [4.69, 9.17) is 5.73 Å². The van der Waals surface area contributed by atoms with Gasteiger partial charge in [0.15, 0.2) is 0 Å². The summed E-state index contributed by atoms with van der Waals surface area (Å²) in [5.74, 6) is 1.99. The molecule has 1 aromatic heterocycles. The predicted octanol–water partition coefficient (Wildman–Crippen LogP) is 1.96. The fraction of sp³-hybridized carbons (Fsp3) is 0.667. The summed E-state index contributed by atoms with van der Waals surface area (Å²) in [6.07, 6.45) is 9.27. The molecule has 1 aliphatic carbocycles. The highest BCUT2D eigenvalue weighted by molar-refractivity contribution is 5.13. The standard InChI is InChI=1S/C12H19N3/c1-9-2-3-10(5-13)12(4-9)11-6-14-8-15-7-11/h6-10,12H,2-5,13H2,1H3. The van der Waals surface area contributed by atoms with Crippen LogP contribution in [0.2, 0.25) is 0 Å². The molecule has 2 rings (SSSR count). The summed E-state index contributed by atoms with van der Waals surface area (Å²) >= 11 is 0. The molecule has 0 radical (unpaired) electrons. The Morgan fingerprint density at radius 2 is 2.07 bits per heavy atom. The van der Waals surface area contributed by atoms with E-state index in [1.807, 2.05) is 12.4 Å². The van der Waals surface area contributed by atoms with E-state index in [1.54, 1.807) is 6.33 Å². The third kappa shape index (κ3) is 2.34. The normalized spacial score (nSPS) is 31.5. The zero-order valence-electron chi connectivity index (χ0n) is 9.26. The maximum absolute atomic E-state index is 5.84. The molecule has 3 nitrogen and oxygen atoms in total. The van der Waals surface area contributed by atoms with Gasteiger partial charge >= 0.3 is 0 Å². The van der Waals surface area contributed by atoms with E-state index in [-0.39, 0.29) is 0 Å². The van der Waals surface area contributed by atoms with Crippen molar-refractivity contribution in [3.05, 3.63) is 24.3 Å². The smallest absolute Gasteiger partial charge is 0.115 e. The summed E-state index contributed by atoms with van der Waals surface area (Å²) in [6, 6.07) is 0. The van der Waals surface area contributed by atoms with E-state index in [0.29, 0.717) is 11.8 Å². The van der Waals surface area contributed by atoms with Crippen LogP contribution in [0.25, 0.3) is 0 Å². The second kappa shape index (κ2) is 4.71. The molecule has 0 bridgehead atoms. The van der Waals surface area contributed by atoms with E-state index in [9.17, 15) is 0 Å². The fourth-order valence-electron chi connectivity index (χ4n) is 2.64. The van der Waals surface area contributed by atoms with Crippen LogP contribution < -0.4 is 5.73 Å². The van der Waals surface area contributed by atoms with Crippen molar-refractivity contribution in [2.75, 3.05) is 6.54 Å². The molecule has 1 fully saturated rings. The first-order valence-corrected chi connectivity index (χ1v) is 5.76. The van der Waals surface area contributed by atoms with Gasteiger partial charge in [-0.15, -0.1) is 0 Å². The molecule has 82 valence electrons. The lowest BCUT2D eigenvalue weighted by atomic mass is 9.72. The van der Waals surface area contributed by atoms with Crippen LogP contribution >= 0.6 is 0 Å². The van der Waals surface area contributed by atoms with Crippen molar-refractivity contribution in [2.45, 2.75) is 32.1 Å². The molecule has 3 heteroatoms. The topological polar surface area (TPSA) is 51.8 Å². The molecule has 3 unspecified atom stereocenters. The lowest BCUT2D eigenvalue weighted by Crippen LogP contribution is -2.28. The predicted molar refractivity (Wildman–Crippen MR) is 60.3 cm³/mol. The molecule has 0 aromatic carbocycles. The molecule has 3 atom stereocenters. The average Bonchev–Trinajstić information content (AvgIpc) is 2.30. The maximum atomic E-state index is 5.84. The molecular weight excluding hydrogens is 186 g/mol. The van der Waals surface area contributed by atoms with E-state index < -0.39 is 0 Å². The van der Waals surface area contributed by atoms with Gasteiger partial charge < -0.3 is 5.73 Å². The lowest BCUT2D eigenvalue weighted by molar-refractivity contribution is 0.253. The van der Waals surface area contributed by atoms with Crippen LogP contribution in [0.3, 0.4) is 0 Å². The second-order valence-electron chi connectivity index (χ2n) is 4.69. The third-order valence-electron chi connectivity index (χ3n) is 3.57. The lowest BCUT2D eigenvalue weighted by Gasteiger charge is -2.34. The molecule has 15 heavy (non-hydrogen) atoms. The molecule has 0 amide bonds. The molecule has 1 aromatic rings. The maximum Gasteiger partial charge on any atom is 0.115 e. The highest BCUT2D eigenvalue weighted by Gasteiger charge is 2.28. The second-order valence-corrected chi connectivity index (χ2v) is 4.69. The summed E-state index contributed by atoms with van der Waals surface area (Å²) < 4.78 is 0. The quantitative estimate of drug-likeness (QED) is 0.803. The van der Waals surface area contributed by atoms with Crippen molar-refractivity contribution < 1.29 is 0 Å². The van der Waals surface area contributed by atoms with Crippen LogP contribution in [0.4, 0.5) is 0 Å². The summed E-state index contributed by atoms with van der Waals surface area (Å²) in [7, 11) is 0. The largest absolute Gasteiger partial charge is 0.330 e. The van der Waals surface area contributed by atoms with Gasteiger partial charge in [0.1, 0.15) is 6.33 Å². The van der Waals surface area contributed by atoms with Crippen LogP contribution in [0.1, 0.15) is 37.7 Å². The van der Waals surface area contributed by atoms with E-state index in [0.717, 1.165) is 12.5 Å². The highest BCUT2D eigenvalue weighted by atomic mass is 14.8. The minimum Gasteiger partial charge on any atom is -0.330 e. The van der Waals surface area contributed by atoms with Crippen LogP contribution in [0.5, 0.6) is 0 Å². The number of hydrogen-bond acceptors (Lipinski definition) is 3. The zero-order chi connectivity index (χ0) is 10.7. The summed E-state index contributed by atoms with van der Waals surface area (Å²) in [6.45, 7) is 3.11. The Hall–Kier alpha value is -0.960. The van der Waals surface area contributed by atoms with E-state index >= 15 is 0 Å². The van der Waals surface area contributed by atoms with E-state index in [1.165, 1.54) is 24.8 Å². The molecule has 1 heterocycles. The summed E-state index contributed by atoms with van der Waals surface area (Å²) in [5.41, 5.74) is 7.10. The van der Waals surface area contributed by atoms with Crippen molar-refractivity contribution in [3.8, 4) is 0 Å². The fourth-order valence-corrected chi connectivity index (χ4v) is 2.64. The van der Waals surface area contributed by atoms with Crippen LogP contribution in [-0.2, 0) is 0 Å². The number of hydrogen-bond donors (Lipinski definition) is 1. The monoisotopic (exact) mass is 205 g/mol. The van der Waals surface area contributed by atoms with Crippen LogP contribution in [0.15, 0.2) is 18.7 Å². The molecule has 1 saturated carbocycles. The van der Waals surface area contributed by atoms with Crippen molar-refractivity contribution in [1.82, 2.24) is 9.97 Å². The number of nitrogens with two attached hydrogens (primary N) is 1. The van der Waals surface area contributed by atoms with E-state index in [2.05, 4.69) is 16.9 Å². The summed E-state index contributed by atoms with van der Waals surface area (Å²) in [5, 5.41) is 0. The van der Waals surface area contributed by atoms with Crippen molar-refractivity contribution in [1.29, 1.82) is 0 Å². The number of nitrogens with zero attached hydrogens (tertiary/aromatic N) is 2. The minimum atomic E-state index is 0.569. The van der Waals surface area contributed by atoms with Crippen molar-refractivity contribution in [3.63, 3.8) is 0 Å². The molecule has 0 spiro atoms. The van der Waals surface area contributed by atoms with Gasteiger partial charge in [0.05, 0.1) is 0 Å². The van der Waals surface area contributed by atoms with Crippen LogP contribution in [0, 0.1) is 11.8 Å². The SMILES string of the molecule is CC1CCC(CN)C(c2cncnc2)C1. The first-order chi connectivity index (χ1) is 7.31. The number of rotatable bonds is 2. The van der Waals surface area contributed by atoms with Gasteiger partial charge in [0, 0.05) is 12.4 Å². The Labute approximate surface area is 91.1 Å². The van der Waals surface area contributed by atoms with Gasteiger partial charge in [-0.05, 0) is 42.7 Å². The average molecular weight is 205 g/mol. The Balaban J connectivity index is 2.17. The molecular formula is C12H19N3. The molecule has 0 saturated heterocycles.